The summed E-state index contributed by atoms with van der Waals surface area (Å²) in [5.74, 6) is -0.234. The molecular formula is C62H111N2O6P. The number of aliphatic hydroxyl groups is 1. The zero-order valence-electron chi connectivity index (χ0n) is 46.6. The number of carbonyl (C=O) groups is 1. The third kappa shape index (κ3) is 55.0. The Kier molecular flexibility index (Phi) is 50.4. The quantitative estimate of drug-likeness (QED) is 0.0272. The van der Waals surface area contributed by atoms with Gasteiger partial charge < -0.3 is 28.8 Å². The molecule has 0 heterocycles. The minimum absolute atomic E-state index is 0.0169. The Morgan fingerprint density at radius 3 is 1.31 bits per heavy atom. The number of phosphoric ester groups is 1. The number of nitrogens with one attached hydrogen (secondary N) is 1. The maximum atomic E-state index is 13.0. The second kappa shape index (κ2) is 52.3. The van der Waals surface area contributed by atoms with E-state index >= 15 is 0 Å². The van der Waals surface area contributed by atoms with E-state index in [-0.39, 0.29) is 12.5 Å². The van der Waals surface area contributed by atoms with Gasteiger partial charge in [-0.05, 0) is 83.5 Å². The first-order valence-corrected chi connectivity index (χ1v) is 30.6. The highest BCUT2D eigenvalue weighted by Crippen LogP contribution is 2.38. The lowest BCUT2D eigenvalue weighted by atomic mass is 10.0. The largest absolute Gasteiger partial charge is 0.756 e. The fourth-order valence-electron chi connectivity index (χ4n) is 8.00. The van der Waals surface area contributed by atoms with E-state index < -0.39 is 26.6 Å². The van der Waals surface area contributed by atoms with Crippen LogP contribution in [-0.2, 0) is 18.4 Å². The Labute approximate surface area is 439 Å². The average Bonchev–Trinajstić information content (AvgIpc) is 3.33. The summed E-state index contributed by atoms with van der Waals surface area (Å²) in [6.07, 6.45) is 74.9. The molecule has 71 heavy (non-hydrogen) atoms. The van der Waals surface area contributed by atoms with Crippen molar-refractivity contribution in [1.82, 2.24) is 5.32 Å². The van der Waals surface area contributed by atoms with Gasteiger partial charge in [0.05, 0.1) is 39.9 Å². The Morgan fingerprint density at radius 2 is 0.873 bits per heavy atom. The van der Waals surface area contributed by atoms with Crippen molar-refractivity contribution in [2.45, 2.75) is 251 Å². The molecule has 0 aromatic heterocycles. The molecule has 1 amide bonds. The zero-order chi connectivity index (χ0) is 52.0. The summed E-state index contributed by atoms with van der Waals surface area (Å²) in [5, 5.41) is 13.9. The summed E-state index contributed by atoms with van der Waals surface area (Å²) < 4.78 is 23.3. The highest BCUT2D eigenvalue weighted by Gasteiger charge is 2.23. The minimum Gasteiger partial charge on any atom is -0.756 e. The Hall–Kier alpha value is -2.58. The standard InChI is InChI=1S/C62H111N2O6P/c1-6-8-10-12-14-16-18-20-22-24-26-28-30-31-32-34-35-37-39-41-43-45-47-49-51-53-55-61(65)60(59-70-71(67,68)69-58-57-64(3,4)5)63-62(66)56-54-52-50-48-46-44-42-40-38-36-33-29-27-25-23-21-19-17-15-13-11-9-7-2/h9,11,15,17,21,23,27,29,36,38,42,44-45,47,53,55,60-61,65H,6-8,10,12-14,16,18-20,22,24-26,28,30-35,37,39-41,43,46,48-52,54,56-59H2,1-5H3,(H-,63,66,67,68)/b11-9-,17-15-,23-21-,29-27-,38-36-,44-42-,47-45+,55-53+. The molecule has 0 saturated heterocycles. The van der Waals surface area contributed by atoms with Crippen molar-refractivity contribution in [2.75, 3.05) is 40.9 Å². The van der Waals surface area contributed by atoms with Crippen LogP contribution in [0.2, 0.25) is 0 Å². The van der Waals surface area contributed by atoms with E-state index in [1.165, 1.54) is 128 Å². The van der Waals surface area contributed by atoms with Crippen LogP contribution in [0.3, 0.4) is 0 Å². The molecular weight excluding hydrogens is 900 g/mol. The van der Waals surface area contributed by atoms with Crippen LogP contribution in [0, 0.1) is 0 Å². The lowest BCUT2D eigenvalue weighted by molar-refractivity contribution is -0.870. The highest BCUT2D eigenvalue weighted by molar-refractivity contribution is 7.45. The second-order valence-corrected chi connectivity index (χ2v) is 22.0. The SMILES string of the molecule is CC/C=C\C/C=C\C/C=C\C/C=C\C/C=C\C/C=C\CCCCCCC(=O)NC(COP(=O)([O-])OCC[N+](C)(C)C)C(O)/C=C/CC/C=C/CCCCCCCCCCCCCCCCCCCCCC. The second-order valence-electron chi connectivity index (χ2n) is 20.6. The summed E-state index contributed by atoms with van der Waals surface area (Å²) in [6, 6.07) is -0.925. The first kappa shape index (κ1) is 68.4. The van der Waals surface area contributed by atoms with E-state index in [0.717, 1.165) is 89.9 Å². The predicted octanol–water partition coefficient (Wildman–Crippen LogP) is 17.2. The van der Waals surface area contributed by atoms with Crippen molar-refractivity contribution in [3.63, 3.8) is 0 Å². The van der Waals surface area contributed by atoms with Gasteiger partial charge >= 0.3 is 0 Å². The number of amides is 1. The third-order valence-electron chi connectivity index (χ3n) is 12.5. The summed E-state index contributed by atoms with van der Waals surface area (Å²) in [6.45, 7) is 4.50. The number of nitrogens with zero attached hydrogens (tertiary/aromatic N) is 1. The number of rotatable bonds is 52. The Balaban J connectivity index is 4.33. The lowest BCUT2D eigenvalue weighted by Gasteiger charge is -2.29. The Morgan fingerprint density at radius 1 is 0.507 bits per heavy atom. The summed E-state index contributed by atoms with van der Waals surface area (Å²) in [7, 11) is 1.21. The van der Waals surface area contributed by atoms with E-state index in [4.69, 9.17) is 9.05 Å². The van der Waals surface area contributed by atoms with Crippen molar-refractivity contribution in [1.29, 1.82) is 0 Å². The molecule has 0 aliphatic heterocycles. The molecule has 410 valence electrons. The van der Waals surface area contributed by atoms with Gasteiger partial charge in [-0.2, -0.15) is 0 Å². The molecule has 0 spiro atoms. The molecule has 0 saturated carbocycles. The van der Waals surface area contributed by atoms with Crippen molar-refractivity contribution in [3.05, 3.63) is 97.2 Å². The molecule has 0 aromatic rings. The van der Waals surface area contributed by atoms with Crippen LogP contribution in [0.15, 0.2) is 97.2 Å². The number of quaternary nitrogens is 1. The van der Waals surface area contributed by atoms with Crippen LogP contribution < -0.4 is 10.2 Å². The maximum Gasteiger partial charge on any atom is 0.268 e. The number of unbranched alkanes of at least 4 members (excludes halogenated alkanes) is 25. The highest BCUT2D eigenvalue weighted by atomic mass is 31.2. The molecule has 3 unspecified atom stereocenters. The molecule has 9 heteroatoms. The van der Waals surface area contributed by atoms with E-state index in [2.05, 4.69) is 104 Å². The van der Waals surface area contributed by atoms with Gasteiger partial charge in [0.25, 0.3) is 7.82 Å². The van der Waals surface area contributed by atoms with Gasteiger partial charge in [0.1, 0.15) is 13.2 Å². The van der Waals surface area contributed by atoms with E-state index in [1.807, 2.05) is 27.2 Å². The fourth-order valence-corrected chi connectivity index (χ4v) is 8.72. The van der Waals surface area contributed by atoms with Crippen LogP contribution >= 0.6 is 7.82 Å². The van der Waals surface area contributed by atoms with Crippen LogP contribution in [0.4, 0.5) is 0 Å². The van der Waals surface area contributed by atoms with Gasteiger partial charge in [-0.15, -0.1) is 0 Å². The topological polar surface area (TPSA) is 108 Å². The molecule has 3 atom stereocenters. The summed E-state index contributed by atoms with van der Waals surface area (Å²) in [5.41, 5.74) is 0. The normalized spacial score (nSPS) is 14.6. The molecule has 2 N–H and O–H groups in total. The van der Waals surface area contributed by atoms with Crippen LogP contribution in [-0.4, -0.2) is 68.5 Å². The molecule has 8 nitrogen and oxygen atoms in total. The first-order valence-electron chi connectivity index (χ1n) is 29.1. The number of hydrogen-bond acceptors (Lipinski definition) is 6. The number of allylic oxidation sites excluding steroid dienone is 15. The smallest absolute Gasteiger partial charge is 0.268 e. The molecule has 0 aliphatic rings. The van der Waals surface area contributed by atoms with Crippen molar-refractivity contribution in [2.24, 2.45) is 0 Å². The molecule has 0 radical (unpaired) electrons. The number of likely N-dealkylation sites (N-methyl/N-ethyl adjacent to an activating group) is 1. The molecule has 0 aliphatic carbocycles. The van der Waals surface area contributed by atoms with Gasteiger partial charge in [0.15, 0.2) is 0 Å². The average molecular weight is 1010 g/mol. The summed E-state index contributed by atoms with van der Waals surface area (Å²) >= 11 is 0. The number of hydrogen-bond donors (Lipinski definition) is 2. The van der Waals surface area contributed by atoms with Gasteiger partial charge in [-0.1, -0.05) is 246 Å². The van der Waals surface area contributed by atoms with E-state index in [1.54, 1.807) is 6.08 Å². The van der Waals surface area contributed by atoms with Gasteiger partial charge in [-0.25, -0.2) is 0 Å². The van der Waals surface area contributed by atoms with Crippen LogP contribution in [0.5, 0.6) is 0 Å². The molecule has 0 aromatic carbocycles. The van der Waals surface area contributed by atoms with Gasteiger partial charge in [-0.3, -0.25) is 9.36 Å². The van der Waals surface area contributed by atoms with Crippen molar-refractivity contribution in [3.8, 4) is 0 Å². The monoisotopic (exact) mass is 1010 g/mol. The number of phosphoric acid groups is 1. The van der Waals surface area contributed by atoms with Gasteiger partial charge in [0.2, 0.25) is 5.91 Å². The predicted molar refractivity (Wildman–Crippen MR) is 306 cm³/mol. The van der Waals surface area contributed by atoms with Gasteiger partial charge in [0, 0.05) is 6.42 Å². The van der Waals surface area contributed by atoms with Crippen molar-refractivity contribution >= 4 is 13.7 Å². The molecule has 0 rings (SSSR count). The number of carbonyl (C=O) groups excluding carboxylic acids is 1. The lowest BCUT2D eigenvalue weighted by Crippen LogP contribution is -2.45. The minimum atomic E-state index is -4.62. The maximum absolute atomic E-state index is 13.0. The summed E-state index contributed by atoms with van der Waals surface area (Å²) in [4.78, 5) is 25.5. The van der Waals surface area contributed by atoms with E-state index in [9.17, 15) is 19.4 Å². The molecule has 0 fully saturated rings. The number of aliphatic hydroxyl groups excluding tert-OH is 1. The van der Waals surface area contributed by atoms with Crippen LogP contribution in [0.25, 0.3) is 0 Å². The third-order valence-corrected chi connectivity index (χ3v) is 13.5. The zero-order valence-corrected chi connectivity index (χ0v) is 47.5. The van der Waals surface area contributed by atoms with Crippen LogP contribution in [0.1, 0.15) is 239 Å². The Bertz CT molecular complexity index is 1470. The van der Waals surface area contributed by atoms with Crippen molar-refractivity contribution < 1.29 is 32.9 Å². The molecule has 0 bridgehead atoms. The first-order chi connectivity index (χ1) is 34.5. The van der Waals surface area contributed by atoms with E-state index in [0.29, 0.717) is 17.4 Å². The fraction of sp³-hybridized carbons (Fsp3) is 0.726.